The van der Waals surface area contributed by atoms with Crippen LogP contribution in [0.3, 0.4) is 0 Å². The molecule has 0 aromatic carbocycles. The number of halogens is 2. The number of aliphatic hydroxyl groups excluding tert-OH is 2. The van der Waals surface area contributed by atoms with Gasteiger partial charge in [-0.2, -0.15) is 0 Å². The summed E-state index contributed by atoms with van der Waals surface area (Å²) >= 11 is 0. The number of rotatable bonds is 34. The SMILES string of the molecule is O=C(N[C@@H]1C[C@H]1NC(=O)/C(F)=C\CCCCCCCCCCCCCCCO)/C(F)=C\CCCCCCCCCCCCCCCO. The highest BCUT2D eigenvalue weighted by molar-refractivity contribution is 5.93. The summed E-state index contributed by atoms with van der Waals surface area (Å²) in [5.74, 6) is -3.10. The van der Waals surface area contributed by atoms with Gasteiger partial charge >= 0.3 is 0 Å². The van der Waals surface area contributed by atoms with Crippen molar-refractivity contribution in [2.24, 2.45) is 0 Å². The highest BCUT2D eigenvalue weighted by Crippen LogP contribution is 2.23. The van der Waals surface area contributed by atoms with E-state index in [4.69, 9.17) is 10.2 Å². The molecule has 0 aromatic heterocycles. The van der Waals surface area contributed by atoms with E-state index in [0.717, 1.165) is 64.2 Å². The molecule has 6 nitrogen and oxygen atoms in total. The first-order valence-corrected chi connectivity index (χ1v) is 19.5. The molecule has 0 heterocycles. The van der Waals surface area contributed by atoms with Crippen molar-refractivity contribution < 1.29 is 28.6 Å². The third-order valence-corrected chi connectivity index (χ3v) is 9.23. The summed E-state index contributed by atoms with van der Waals surface area (Å²) in [6.07, 6.45) is 34.6. The highest BCUT2D eigenvalue weighted by atomic mass is 19.1. The smallest absolute Gasteiger partial charge is 0.279 e. The zero-order chi connectivity index (χ0) is 34.2. The van der Waals surface area contributed by atoms with Crippen molar-refractivity contribution in [1.82, 2.24) is 10.6 Å². The van der Waals surface area contributed by atoms with E-state index in [2.05, 4.69) is 10.6 Å². The van der Waals surface area contributed by atoms with Crippen molar-refractivity contribution in [3.05, 3.63) is 23.8 Å². The van der Waals surface area contributed by atoms with Crippen LogP contribution in [0, 0.1) is 0 Å². The first-order chi connectivity index (χ1) is 23.0. The lowest BCUT2D eigenvalue weighted by Crippen LogP contribution is -2.35. The van der Waals surface area contributed by atoms with Gasteiger partial charge in [-0.25, -0.2) is 8.78 Å². The van der Waals surface area contributed by atoms with Gasteiger partial charge in [-0.1, -0.05) is 141 Å². The second kappa shape index (κ2) is 31.5. The summed E-state index contributed by atoms with van der Waals surface area (Å²) in [5, 5.41) is 22.8. The minimum atomic E-state index is -0.786. The van der Waals surface area contributed by atoms with E-state index in [-0.39, 0.29) is 12.1 Å². The maximum atomic E-state index is 14.2. The van der Waals surface area contributed by atoms with E-state index in [0.29, 0.717) is 32.5 Å². The van der Waals surface area contributed by atoms with Crippen LogP contribution >= 0.6 is 0 Å². The number of hydrogen-bond donors (Lipinski definition) is 4. The van der Waals surface area contributed by atoms with Crippen LogP contribution < -0.4 is 10.6 Å². The Kier molecular flexibility index (Phi) is 28.9. The Labute approximate surface area is 286 Å². The Morgan fingerprint density at radius 2 is 0.681 bits per heavy atom. The molecule has 0 aliphatic heterocycles. The summed E-state index contributed by atoms with van der Waals surface area (Å²) < 4.78 is 28.4. The molecule has 0 radical (unpaired) electrons. The fourth-order valence-corrected chi connectivity index (χ4v) is 6.03. The Hall–Kier alpha value is -1.80. The molecular formula is C39H70F2N2O4. The van der Waals surface area contributed by atoms with Gasteiger partial charge in [0, 0.05) is 13.2 Å². The van der Waals surface area contributed by atoms with Gasteiger partial charge < -0.3 is 20.8 Å². The molecule has 1 fully saturated rings. The van der Waals surface area contributed by atoms with Crippen LogP contribution in [0.1, 0.15) is 186 Å². The van der Waals surface area contributed by atoms with Gasteiger partial charge in [-0.15, -0.1) is 0 Å². The standard InChI is InChI=1S/C39H70F2N2O4/c40-34(29-25-21-17-13-9-5-1-3-7-11-15-19-23-27-31-44)38(46)42-36-33-37(36)43-39(47)35(41)30-26-22-18-14-10-6-2-4-8-12-16-20-24-28-32-45/h29-30,36-37,44-45H,1-28,31-33H2,(H,42,46)(H,43,47)/b34-29+,35-30+/t36-,37-/m1/s1. The van der Waals surface area contributed by atoms with Crippen LogP contribution in [-0.2, 0) is 9.59 Å². The summed E-state index contributed by atoms with van der Waals surface area (Å²) in [7, 11) is 0. The minimum Gasteiger partial charge on any atom is -0.396 e. The molecule has 0 unspecified atom stereocenters. The second-order valence-corrected chi connectivity index (χ2v) is 13.7. The van der Waals surface area contributed by atoms with Crippen molar-refractivity contribution in [3.63, 3.8) is 0 Å². The van der Waals surface area contributed by atoms with Gasteiger partial charge in [-0.3, -0.25) is 9.59 Å². The highest BCUT2D eigenvalue weighted by Gasteiger charge is 2.40. The molecule has 0 saturated heterocycles. The number of hydrogen-bond acceptors (Lipinski definition) is 4. The summed E-state index contributed by atoms with van der Waals surface area (Å²) in [6.45, 7) is 0.617. The zero-order valence-corrected chi connectivity index (χ0v) is 29.7. The first kappa shape index (κ1) is 43.2. The molecule has 1 rings (SSSR count). The molecule has 8 heteroatoms. The Morgan fingerprint density at radius 1 is 0.447 bits per heavy atom. The van der Waals surface area contributed by atoms with Crippen molar-refractivity contribution in [1.29, 1.82) is 0 Å². The van der Waals surface area contributed by atoms with E-state index >= 15 is 0 Å². The first-order valence-electron chi connectivity index (χ1n) is 19.5. The van der Waals surface area contributed by atoms with Crippen LogP contribution in [0.4, 0.5) is 8.78 Å². The number of aliphatic hydroxyl groups is 2. The van der Waals surface area contributed by atoms with Crippen LogP contribution in [-0.4, -0.2) is 47.3 Å². The molecular weight excluding hydrogens is 598 g/mol. The van der Waals surface area contributed by atoms with Crippen molar-refractivity contribution in [2.75, 3.05) is 13.2 Å². The molecule has 274 valence electrons. The molecule has 0 spiro atoms. The largest absolute Gasteiger partial charge is 0.396 e. The lowest BCUT2D eigenvalue weighted by molar-refractivity contribution is -0.120. The molecule has 2 amide bonds. The van der Waals surface area contributed by atoms with E-state index < -0.39 is 23.5 Å². The zero-order valence-electron chi connectivity index (χ0n) is 29.7. The number of nitrogens with one attached hydrogen (secondary N) is 2. The van der Waals surface area contributed by atoms with E-state index in [1.54, 1.807) is 0 Å². The number of unbranched alkanes of at least 4 members (excludes halogenated alkanes) is 26. The van der Waals surface area contributed by atoms with Gasteiger partial charge in [0.1, 0.15) is 0 Å². The summed E-state index contributed by atoms with van der Waals surface area (Å²) in [6, 6.07) is -0.719. The van der Waals surface area contributed by atoms with Gasteiger partial charge in [0.05, 0.1) is 12.1 Å². The normalized spacial score (nSPS) is 16.4. The Morgan fingerprint density at radius 3 is 0.936 bits per heavy atom. The van der Waals surface area contributed by atoms with Gasteiger partial charge in [0.25, 0.3) is 11.8 Å². The van der Waals surface area contributed by atoms with Gasteiger partial charge in [0.2, 0.25) is 0 Å². The molecule has 1 saturated carbocycles. The molecule has 0 bridgehead atoms. The molecule has 1 aliphatic rings. The van der Waals surface area contributed by atoms with Gasteiger partial charge in [-0.05, 0) is 57.1 Å². The van der Waals surface area contributed by atoms with Gasteiger partial charge in [0.15, 0.2) is 11.7 Å². The van der Waals surface area contributed by atoms with Crippen LogP contribution in [0.25, 0.3) is 0 Å². The molecule has 47 heavy (non-hydrogen) atoms. The molecule has 1 aliphatic carbocycles. The minimum absolute atomic E-state index is 0.309. The number of carbonyl (C=O) groups excluding carboxylic acids is 2. The van der Waals surface area contributed by atoms with Crippen molar-refractivity contribution in [3.8, 4) is 0 Å². The third-order valence-electron chi connectivity index (χ3n) is 9.23. The van der Waals surface area contributed by atoms with Crippen molar-refractivity contribution in [2.45, 2.75) is 198 Å². The lowest BCUT2D eigenvalue weighted by Gasteiger charge is -2.05. The molecule has 2 atom stereocenters. The predicted octanol–water partition coefficient (Wildman–Crippen LogP) is 9.97. The predicted molar refractivity (Wildman–Crippen MR) is 190 cm³/mol. The van der Waals surface area contributed by atoms with E-state index in [1.165, 1.54) is 115 Å². The van der Waals surface area contributed by atoms with Crippen molar-refractivity contribution >= 4 is 11.8 Å². The number of amides is 2. The maximum absolute atomic E-state index is 14.2. The van der Waals surface area contributed by atoms with E-state index in [9.17, 15) is 18.4 Å². The molecule has 0 aromatic rings. The number of carbonyl (C=O) groups is 2. The molecule has 4 N–H and O–H groups in total. The lowest BCUT2D eigenvalue weighted by atomic mass is 10.0. The van der Waals surface area contributed by atoms with Crippen LogP contribution in [0.2, 0.25) is 0 Å². The third kappa shape index (κ3) is 26.8. The van der Waals surface area contributed by atoms with Crippen LogP contribution in [0.5, 0.6) is 0 Å². The average Bonchev–Trinajstić information content (AvgIpc) is 3.80. The van der Waals surface area contributed by atoms with Crippen LogP contribution in [0.15, 0.2) is 23.8 Å². The van der Waals surface area contributed by atoms with E-state index in [1.807, 2.05) is 0 Å². The fraction of sp³-hybridized carbons (Fsp3) is 0.846. The fourth-order valence-electron chi connectivity index (χ4n) is 6.03. The number of allylic oxidation sites excluding steroid dienone is 2. The Balaban J connectivity index is 1.96. The second-order valence-electron chi connectivity index (χ2n) is 13.7. The summed E-state index contributed by atoms with van der Waals surface area (Å²) in [4.78, 5) is 24.3. The average molecular weight is 669 g/mol. The summed E-state index contributed by atoms with van der Waals surface area (Å²) in [5.41, 5.74) is 0. The topological polar surface area (TPSA) is 98.7 Å². The maximum Gasteiger partial charge on any atom is 0.279 e. The Bertz CT molecular complexity index is 770. The quantitative estimate of drug-likeness (QED) is 0.0405. The monoisotopic (exact) mass is 669 g/mol.